The average Bonchev–Trinajstić information content (AvgIpc) is 3.29. The molecule has 29 heavy (non-hydrogen) atoms. The third kappa shape index (κ3) is 2.86. The molecule has 1 unspecified atom stereocenters. The molecule has 1 aromatic heterocycles. The molecule has 1 saturated heterocycles. The van der Waals surface area contributed by atoms with E-state index in [4.69, 9.17) is 20.8 Å². The Kier molecular flexibility index (Phi) is 4.06. The van der Waals surface area contributed by atoms with Crippen molar-refractivity contribution in [2.75, 3.05) is 6.61 Å². The van der Waals surface area contributed by atoms with E-state index < -0.39 is 11.6 Å². The number of urea groups is 1. The van der Waals surface area contributed by atoms with Crippen LogP contribution in [0.1, 0.15) is 17.9 Å². The highest BCUT2D eigenvalue weighted by Gasteiger charge is 2.55. The molecule has 0 saturated carbocycles. The topological polar surface area (TPSA) is 84.7 Å². The first-order valence-corrected chi connectivity index (χ1v) is 9.52. The fourth-order valence-electron chi connectivity index (χ4n) is 3.78. The molecule has 3 aromatic rings. The van der Waals surface area contributed by atoms with E-state index in [9.17, 15) is 9.59 Å². The fourth-order valence-corrected chi connectivity index (χ4v) is 3.91. The number of benzene rings is 2. The first-order chi connectivity index (χ1) is 14.1. The Morgan fingerprint density at radius 3 is 2.76 bits per heavy atom. The number of para-hydroxylation sites is 1. The number of oxazole rings is 1. The molecule has 0 bridgehead atoms. The van der Waals surface area contributed by atoms with E-state index in [-0.39, 0.29) is 18.3 Å². The van der Waals surface area contributed by atoms with Crippen molar-refractivity contribution < 1.29 is 18.7 Å². The first-order valence-electron chi connectivity index (χ1n) is 9.14. The molecule has 3 amide bonds. The summed E-state index contributed by atoms with van der Waals surface area (Å²) >= 11 is 5.91. The van der Waals surface area contributed by atoms with Crippen molar-refractivity contribution in [1.29, 1.82) is 0 Å². The number of ether oxygens (including phenoxy) is 1. The fraction of sp³-hybridized carbons (Fsp3) is 0.190. The van der Waals surface area contributed by atoms with Gasteiger partial charge in [0.15, 0.2) is 11.3 Å². The van der Waals surface area contributed by atoms with Crippen molar-refractivity contribution in [3.8, 4) is 17.1 Å². The summed E-state index contributed by atoms with van der Waals surface area (Å²) < 4.78 is 11.4. The van der Waals surface area contributed by atoms with E-state index in [1.165, 1.54) is 0 Å². The maximum Gasteiger partial charge on any atom is 0.325 e. The number of fused-ring (bicyclic) bond motifs is 2. The number of halogens is 1. The maximum atomic E-state index is 13.3. The van der Waals surface area contributed by atoms with Gasteiger partial charge in [0.25, 0.3) is 5.91 Å². The molecular formula is C21H16ClN3O4. The van der Waals surface area contributed by atoms with Crippen molar-refractivity contribution in [3.63, 3.8) is 0 Å². The molecule has 7 nitrogen and oxygen atoms in total. The van der Waals surface area contributed by atoms with Gasteiger partial charge in [-0.2, -0.15) is 0 Å². The molecule has 2 aromatic carbocycles. The van der Waals surface area contributed by atoms with Gasteiger partial charge in [-0.05, 0) is 30.3 Å². The SMILES string of the molecule is O=C1NC2(CCOc3ccccc32)C(=O)N1Cc1ncc(-c2ccc(Cl)cc2)o1. The number of carbonyl (C=O) groups is 2. The van der Waals surface area contributed by atoms with Crippen LogP contribution in [0.5, 0.6) is 5.75 Å². The summed E-state index contributed by atoms with van der Waals surface area (Å²) in [5, 5.41) is 3.48. The molecule has 3 heterocycles. The second kappa shape index (κ2) is 6.63. The highest BCUT2D eigenvalue weighted by Crippen LogP contribution is 2.41. The van der Waals surface area contributed by atoms with Crippen LogP contribution in [0.4, 0.5) is 4.79 Å². The summed E-state index contributed by atoms with van der Waals surface area (Å²) in [6.45, 7) is 0.291. The lowest BCUT2D eigenvalue weighted by molar-refractivity contribution is -0.133. The van der Waals surface area contributed by atoms with Crippen LogP contribution in [-0.2, 0) is 16.9 Å². The van der Waals surface area contributed by atoms with E-state index in [1.54, 1.807) is 30.5 Å². The predicted octanol–water partition coefficient (Wildman–Crippen LogP) is 3.72. The van der Waals surface area contributed by atoms with Gasteiger partial charge < -0.3 is 14.5 Å². The van der Waals surface area contributed by atoms with Gasteiger partial charge >= 0.3 is 6.03 Å². The monoisotopic (exact) mass is 409 g/mol. The Hall–Kier alpha value is -3.32. The molecule has 5 rings (SSSR count). The Morgan fingerprint density at radius 1 is 1.14 bits per heavy atom. The Balaban J connectivity index is 1.42. The molecule has 2 aliphatic heterocycles. The summed E-state index contributed by atoms with van der Waals surface area (Å²) in [4.78, 5) is 31.3. The van der Waals surface area contributed by atoms with Crippen LogP contribution in [0.15, 0.2) is 59.1 Å². The van der Waals surface area contributed by atoms with Crippen molar-refractivity contribution >= 4 is 23.5 Å². The molecule has 1 N–H and O–H groups in total. The second-order valence-electron chi connectivity index (χ2n) is 6.95. The molecule has 1 fully saturated rings. The van der Waals surface area contributed by atoms with Crippen LogP contribution in [0.2, 0.25) is 5.02 Å². The number of hydrogen-bond donors (Lipinski definition) is 1. The Bertz CT molecular complexity index is 1110. The average molecular weight is 410 g/mol. The molecule has 1 atom stereocenters. The lowest BCUT2D eigenvalue weighted by Crippen LogP contribution is -2.47. The number of carbonyl (C=O) groups excluding carboxylic acids is 2. The Morgan fingerprint density at radius 2 is 1.93 bits per heavy atom. The van der Waals surface area contributed by atoms with Gasteiger partial charge in [0.05, 0.1) is 12.8 Å². The van der Waals surface area contributed by atoms with Gasteiger partial charge in [-0.15, -0.1) is 0 Å². The normalized spacial score (nSPS) is 20.5. The van der Waals surface area contributed by atoms with Gasteiger partial charge in [0, 0.05) is 22.6 Å². The van der Waals surface area contributed by atoms with E-state index >= 15 is 0 Å². The lowest BCUT2D eigenvalue weighted by Gasteiger charge is -2.33. The van der Waals surface area contributed by atoms with Gasteiger partial charge in [-0.25, -0.2) is 9.78 Å². The van der Waals surface area contributed by atoms with Crippen LogP contribution < -0.4 is 10.1 Å². The van der Waals surface area contributed by atoms with Crippen LogP contribution in [0.3, 0.4) is 0 Å². The summed E-state index contributed by atoms with van der Waals surface area (Å²) in [5.41, 5.74) is 0.360. The minimum absolute atomic E-state index is 0.0525. The van der Waals surface area contributed by atoms with Gasteiger partial charge in [-0.3, -0.25) is 9.69 Å². The van der Waals surface area contributed by atoms with Crippen LogP contribution in [-0.4, -0.2) is 28.4 Å². The Labute approximate surface area is 171 Å². The van der Waals surface area contributed by atoms with E-state index in [0.717, 1.165) is 10.5 Å². The van der Waals surface area contributed by atoms with E-state index in [0.29, 0.717) is 35.1 Å². The number of amides is 3. The van der Waals surface area contributed by atoms with Crippen molar-refractivity contribution in [2.24, 2.45) is 0 Å². The zero-order valence-corrected chi connectivity index (χ0v) is 16.0. The summed E-state index contributed by atoms with van der Waals surface area (Å²) in [6, 6.07) is 13.9. The second-order valence-corrected chi connectivity index (χ2v) is 7.38. The standard InChI is InChI=1S/C21H16ClN3O4/c22-14-7-5-13(6-8-14)17-11-23-18(29-17)12-25-19(26)21(24-20(25)27)9-10-28-16-4-2-1-3-15(16)21/h1-8,11H,9-10,12H2,(H,24,27). The van der Waals surface area contributed by atoms with Crippen molar-refractivity contribution in [1.82, 2.24) is 15.2 Å². The smallest absolute Gasteiger partial charge is 0.325 e. The van der Waals surface area contributed by atoms with Crippen LogP contribution in [0.25, 0.3) is 11.3 Å². The van der Waals surface area contributed by atoms with E-state index in [2.05, 4.69) is 10.3 Å². The van der Waals surface area contributed by atoms with Gasteiger partial charge in [-0.1, -0.05) is 29.8 Å². The molecule has 146 valence electrons. The molecule has 0 aliphatic carbocycles. The highest BCUT2D eigenvalue weighted by atomic mass is 35.5. The van der Waals surface area contributed by atoms with Gasteiger partial charge in [0.1, 0.15) is 12.3 Å². The van der Waals surface area contributed by atoms with E-state index in [1.807, 2.05) is 24.3 Å². The predicted molar refractivity (Wildman–Crippen MR) is 104 cm³/mol. The molecule has 2 aliphatic rings. The van der Waals surface area contributed by atoms with Crippen LogP contribution >= 0.6 is 11.6 Å². The maximum absolute atomic E-state index is 13.3. The quantitative estimate of drug-likeness (QED) is 0.666. The molecular weight excluding hydrogens is 394 g/mol. The number of imide groups is 1. The third-order valence-corrected chi connectivity index (χ3v) is 5.48. The van der Waals surface area contributed by atoms with Crippen molar-refractivity contribution in [3.05, 3.63) is 71.2 Å². The summed E-state index contributed by atoms with van der Waals surface area (Å²) in [5.74, 6) is 1.09. The molecule has 1 spiro atoms. The minimum atomic E-state index is -1.11. The largest absolute Gasteiger partial charge is 0.493 e. The number of hydrogen-bond acceptors (Lipinski definition) is 5. The summed E-state index contributed by atoms with van der Waals surface area (Å²) in [7, 11) is 0. The molecule has 0 radical (unpaired) electrons. The number of nitrogens with one attached hydrogen (secondary N) is 1. The minimum Gasteiger partial charge on any atom is -0.493 e. The summed E-state index contributed by atoms with van der Waals surface area (Å²) in [6.07, 6.45) is 1.93. The molecule has 8 heteroatoms. The third-order valence-electron chi connectivity index (χ3n) is 5.23. The zero-order valence-electron chi connectivity index (χ0n) is 15.2. The van der Waals surface area contributed by atoms with Gasteiger partial charge in [0.2, 0.25) is 5.89 Å². The number of nitrogens with zero attached hydrogens (tertiary/aromatic N) is 2. The highest BCUT2D eigenvalue weighted by molar-refractivity contribution is 6.30. The number of rotatable bonds is 3. The zero-order chi connectivity index (χ0) is 20.0. The van der Waals surface area contributed by atoms with Crippen molar-refractivity contribution in [2.45, 2.75) is 18.5 Å². The lowest BCUT2D eigenvalue weighted by atomic mass is 9.84. The number of aromatic nitrogens is 1. The van der Waals surface area contributed by atoms with Crippen LogP contribution in [0, 0.1) is 0 Å². The first kappa shape index (κ1) is 17.8.